The molecular weight excluding hydrogens is 404 g/mol. The van der Waals surface area contributed by atoms with Crippen molar-refractivity contribution in [1.82, 2.24) is 9.97 Å². The Kier molecular flexibility index (Phi) is 7.56. The molecular formula is C14H19ClN4O7S. The Labute approximate surface area is 163 Å². The number of ether oxygens (including phenoxy) is 1. The van der Waals surface area contributed by atoms with E-state index in [1.807, 2.05) is 6.92 Å². The Hall–Kier alpha value is -1.73. The van der Waals surface area contributed by atoms with Crippen LogP contribution < -0.4 is 5.32 Å². The van der Waals surface area contributed by atoms with Crippen molar-refractivity contribution in [2.24, 2.45) is 0 Å². The number of hydrogen-bond donors (Lipinski definition) is 4. The second-order valence-electron chi connectivity index (χ2n) is 5.81. The molecule has 27 heavy (non-hydrogen) atoms. The molecule has 0 spiro atoms. The van der Waals surface area contributed by atoms with Crippen molar-refractivity contribution in [2.45, 2.75) is 49.3 Å². The molecule has 2 rings (SSSR count). The number of hydrogen-bond acceptors (Lipinski definition) is 10. The number of halogens is 1. The minimum Gasteiger partial charge on any atom is -0.480 e. The number of carbonyl (C=O) groups is 1. The molecule has 0 radical (unpaired) electrons. The lowest BCUT2D eigenvalue weighted by Gasteiger charge is -2.18. The van der Waals surface area contributed by atoms with Gasteiger partial charge in [-0.25, -0.2) is 9.78 Å². The van der Waals surface area contributed by atoms with Gasteiger partial charge in [0, 0.05) is 5.75 Å². The van der Waals surface area contributed by atoms with E-state index in [1.54, 1.807) is 0 Å². The van der Waals surface area contributed by atoms with Crippen LogP contribution >= 0.6 is 23.4 Å². The second kappa shape index (κ2) is 9.46. The van der Waals surface area contributed by atoms with E-state index in [-0.39, 0.29) is 22.5 Å². The van der Waals surface area contributed by atoms with Gasteiger partial charge < -0.3 is 25.4 Å². The molecule has 1 aliphatic rings. The fraction of sp³-hybridized carbons (Fsp3) is 0.643. The maximum absolute atomic E-state index is 11.3. The van der Waals surface area contributed by atoms with Crippen LogP contribution in [0.15, 0.2) is 5.16 Å². The molecule has 1 aromatic rings. The third-order valence-electron chi connectivity index (χ3n) is 3.81. The van der Waals surface area contributed by atoms with Crippen molar-refractivity contribution in [3.8, 4) is 0 Å². The molecule has 1 saturated carbocycles. The summed E-state index contributed by atoms with van der Waals surface area (Å²) in [4.78, 5) is 29.2. The van der Waals surface area contributed by atoms with Crippen LogP contribution in [0.1, 0.15) is 19.8 Å². The number of nitro groups is 1. The lowest BCUT2D eigenvalue weighted by molar-refractivity contribution is -0.384. The minimum atomic E-state index is -1.35. The van der Waals surface area contributed by atoms with E-state index in [9.17, 15) is 25.1 Å². The van der Waals surface area contributed by atoms with Crippen LogP contribution in [0.4, 0.5) is 11.5 Å². The van der Waals surface area contributed by atoms with Crippen LogP contribution in [-0.4, -0.2) is 72.9 Å². The quantitative estimate of drug-likeness (QED) is 0.147. The lowest BCUT2D eigenvalue weighted by atomic mass is 10.2. The molecule has 150 valence electrons. The average Bonchev–Trinajstić information content (AvgIpc) is 2.85. The third kappa shape index (κ3) is 5.39. The standard InChI is InChI=1S/C14H19ClN4O7S/c1-2-3-27-14-17-12(15)9(19(24)25)13(18-14)16-6-4-7(11(23)10(6)22)26-5-8(20)21/h6-7,10-11,22-23H,2-5H2,1H3,(H,20,21)(H,16,17,18)/t6-,7+,10+,11+/m1/s1. The fourth-order valence-electron chi connectivity index (χ4n) is 2.58. The summed E-state index contributed by atoms with van der Waals surface area (Å²) in [6, 6.07) is -0.854. The van der Waals surface area contributed by atoms with E-state index in [0.717, 1.165) is 6.42 Å². The molecule has 1 heterocycles. The number of rotatable bonds is 9. The van der Waals surface area contributed by atoms with Gasteiger partial charge in [-0.15, -0.1) is 0 Å². The van der Waals surface area contributed by atoms with Gasteiger partial charge >= 0.3 is 11.7 Å². The first-order valence-electron chi connectivity index (χ1n) is 8.05. The van der Waals surface area contributed by atoms with Gasteiger partial charge in [-0.2, -0.15) is 4.98 Å². The van der Waals surface area contributed by atoms with Crippen molar-refractivity contribution in [1.29, 1.82) is 0 Å². The predicted octanol–water partition coefficient (Wildman–Crippen LogP) is 0.916. The van der Waals surface area contributed by atoms with Crippen LogP contribution in [0.2, 0.25) is 5.15 Å². The first kappa shape index (κ1) is 21.6. The van der Waals surface area contributed by atoms with E-state index in [2.05, 4.69) is 15.3 Å². The van der Waals surface area contributed by atoms with Gasteiger partial charge in [0.1, 0.15) is 18.8 Å². The van der Waals surface area contributed by atoms with Crippen molar-refractivity contribution < 1.29 is 29.8 Å². The summed E-state index contributed by atoms with van der Waals surface area (Å²) in [5, 5.41) is 42.8. The topological polar surface area (TPSA) is 168 Å². The maximum Gasteiger partial charge on any atom is 0.348 e. The number of nitrogens with one attached hydrogen (secondary N) is 1. The largest absolute Gasteiger partial charge is 0.480 e. The van der Waals surface area contributed by atoms with Crippen molar-refractivity contribution in [2.75, 3.05) is 17.7 Å². The summed E-state index contributed by atoms with van der Waals surface area (Å²) < 4.78 is 5.05. The maximum atomic E-state index is 11.3. The van der Waals surface area contributed by atoms with E-state index in [0.29, 0.717) is 5.75 Å². The van der Waals surface area contributed by atoms with Gasteiger partial charge in [-0.3, -0.25) is 10.1 Å². The number of carboxylic acids is 1. The molecule has 0 aliphatic heterocycles. The molecule has 4 atom stereocenters. The Morgan fingerprint density at radius 3 is 2.74 bits per heavy atom. The zero-order chi connectivity index (χ0) is 20.1. The zero-order valence-corrected chi connectivity index (χ0v) is 15.8. The van der Waals surface area contributed by atoms with Gasteiger partial charge in [-0.05, 0) is 12.8 Å². The summed E-state index contributed by atoms with van der Waals surface area (Å²) in [6.07, 6.45) is -2.79. The highest BCUT2D eigenvalue weighted by Gasteiger charge is 2.43. The summed E-state index contributed by atoms with van der Waals surface area (Å²) in [6.45, 7) is 1.31. The third-order valence-corrected chi connectivity index (χ3v) is 5.13. The summed E-state index contributed by atoms with van der Waals surface area (Å²) in [5.74, 6) is -0.721. The normalized spacial score (nSPS) is 24.7. The molecule has 1 fully saturated rings. The van der Waals surface area contributed by atoms with Crippen LogP contribution in [0.5, 0.6) is 0 Å². The van der Waals surface area contributed by atoms with Gasteiger partial charge in [0.25, 0.3) is 0 Å². The molecule has 4 N–H and O–H groups in total. The van der Waals surface area contributed by atoms with E-state index >= 15 is 0 Å². The van der Waals surface area contributed by atoms with Crippen molar-refractivity contribution >= 4 is 40.8 Å². The number of nitrogens with zero attached hydrogens (tertiary/aromatic N) is 3. The summed E-state index contributed by atoms with van der Waals surface area (Å²) in [7, 11) is 0. The highest BCUT2D eigenvalue weighted by atomic mass is 35.5. The first-order chi connectivity index (χ1) is 12.7. The lowest BCUT2D eigenvalue weighted by Crippen LogP contribution is -2.37. The number of carboxylic acid groups (broad SMARTS) is 1. The van der Waals surface area contributed by atoms with Crippen LogP contribution in [0, 0.1) is 10.1 Å². The van der Waals surface area contributed by atoms with E-state index in [4.69, 9.17) is 21.4 Å². The molecule has 0 bridgehead atoms. The van der Waals surface area contributed by atoms with Crippen LogP contribution in [-0.2, 0) is 9.53 Å². The summed E-state index contributed by atoms with van der Waals surface area (Å²) in [5.41, 5.74) is -0.547. The molecule has 1 aliphatic carbocycles. The van der Waals surface area contributed by atoms with Gasteiger partial charge in [-0.1, -0.05) is 30.3 Å². The van der Waals surface area contributed by atoms with Gasteiger partial charge in [0.05, 0.1) is 17.1 Å². The van der Waals surface area contributed by atoms with E-state index < -0.39 is 47.5 Å². The molecule has 0 amide bonds. The van der Waals surface area contributed by atoms with E-state index in [1.165, 1.54) is 11.8 Å². The van der Waals surface area contributed by atoms with Gasteiger partial charge in [0.2, 0.25) is 11.0 Å². The molecule has 1 aromatic heterocycles. The fourth-order valence-corrected chi connectivity index (χ4v) is 3.57. The van der Waals surface area contributed by atoms with Crippen molar-refractivity contribution in [3.05, 3.63) is 15.3 Å². The average molecular weight is 423 g/mol. The Bertz CT molecular complexity index is 710. The molecule has 0 saturated heterocycles. The smallest absolute Gasteiger partial charge is 0.348 e. The number of aliphatic carboxylic acids is 1. The second-order valence-corrected chi connectivity index (χ2v) is 7.23. The number of aromatic nitrogens is 2. The SMILES string of the molecule is CCCSc1nc(Cl)c([N+](=O)[O-])c(N[C@@H]2C[C@H](OCC(=O)O)[C@H](O)[C@H]2O)n1. The Morgan fingerprint density at radius 2 is 2.15 bits per heavy atom. The number of anilines is 1. The minimum absolute atomic E-state index is 0.0197. The highest BCUT2D eigenvalue weighted by Crippen LogP contribution is 2.35. The molecule has 0 aromatic carbocycles. The Morgan fingerprint density at radius 1 is 1.44 bits per heavy atom. The molecule has 0 unspecified atom stereocenters. The monoisotopic (exact) mass is 422 g/mol. The first-order valence-corrected chi connectivity index (χ1v) is 9.41. The number of aliphatic hydroxyl groups excluding tert-OH is 2. The molecule has 13 heteroatoms. The Balaban J connectivity index is 2.22. The highest BCUT2D eigenvalue weighted by molar-refractivity contribution is 7.99. The zero-order valence-electron chi connectivity index (χ0n) is 14.2. The number of aliphatic hydroxyl groups is 2. The van der Waals surface area contributed by atoms with Crippen LogP contribution in [0.25, 0.3) is 0 Å². The van der Waals surface area contributed by atoms with Crippen LogP contribution in [0.3, 0.4) is 0 Å². The van der Waals surface area contributed by atoms with Gasteiger partial charge in [0.15, 0.2) is 5.16 Å². The predicted molar refractivity (Wildman–Crippen MR) is 96.1 cm³/mol. The number of thioether (sulfide) groups is 1. The summed E-state index contributed by atoms with van der Waals surface area (Å²) >= 11 is 7.19. The molecule has 11 nitrogen and oxygen atoms in total. The van der Waals surface area contributed by atoms with Crippen molar-refractivity contribution in [3.63, 3.8) is 0 Å².